The summed E-state index contributed by atoms with van der Waals surface area (Å²) in [6.07, 6.45) is 5.55. The van der Waals surface area contributed by atoms with Crippen molar-refractivity contribution in [2.24, 2.45) is 5.10 Å². The van der Waals surface area contributed by atoms with Gasteiger partial charge in [-0.25, -0.2) is 4.98 Å². The van der Waals surface area contributed by atoms with Crippen LogP contribution in [-0.4, -0.2) is 11.2 Å². The van der Waals surface area contributed by atoms with Crippen LogP contribution < -0.4 is 5.43 Å². The average Bonchev–Trinajstić information content (AvgIpc) is 2.87. The molecule has 0 spiro atoms. The Morgan fingerprint density at radius 1 is 1.33 bits per heavy atom. The molecule has 0 bridgehead atoms. The van der Waals surface area contributed by atoms with Crippen LogP contribution in [0.5, 0.6) is 0 Å². The molecule has 18 heavy (non-hydrogen) atoms. The van der Waals surface area contributed by atoms with Crippen LogP contribution in [-0.2, 0) is 5.88 Å². The number of aromatic nitrogens is 1. The minimum atomic E-state index is 0.426. The molecule has 0 saturated carbocycles. The zero-order valence-electron chi connectivity index (χ0n) is 9.58. The number of nitrogens with one attached hydrogen (secondary N) is 1. The molecule has 2 aromatic rings. The standard InChI is InChI=1S/C13H12ClN3S/c14-9-12-10-18-13(16-12)17-15-8-4-7-11-5-2-1-3-6-11/h1-8,10H,9H2,(H,16,17)/b7-4+,15-8+. The highest BCUT2D eigenvalue weighted by Gasteiger charge is 1.97. The summed E-state index contributed by atoms with van der Waals surface area (Å²) in [5, 5.41) is 6.70. The number of hydrogen-bond donors (Lipinski definition) is 1. The summed E-state index contributed by atoms with van der Waals surface area (Å²) in [6.45, 7) is 0. The van der Waals surface area contributed by atoms with Gasteiger partial charge in [-0.15, -0.1) is 22.9 Å². The molecule has 1 N–H and O–H groups in total. The monoisotopic (exact) mass is 277 g/mol. The largest absolute Gasteiger partial charge is 0.253 e. The Kier molecular flexibility index (Phi) is 4.93. The van der Waals surface area contributed by atoms with E-state index in [4.69, 9.17) is 11.6 Å². The minimum Gasteiger partial charge on any atom is -0.253 e. The number of nitrogens with zero attached hydrogens (tertiary/aromatic N) is 2. The molecule has 0 aliphatic heterocycles. The molecule has 1 aromatic heterocycles. The summed E-state index contributed by atoms with van der Waals surface area (Å²) in [5.41, 5.74) is 4.85. The number of alkyl halides is 1. The molecule has 0 saturated heterocycles. The Balaban J connectivity index is 1.83. The molecule has 0 unspecified atom stereocenters. The van der Waals surface area contributed by atoms with Gasteiger partial charge in [-0.3, -0.25) is 5.43 Å². The molecule has 2 rings (SSSR count). The highest BCUT2D eigenvalue weighted by molar-refractivity contribution is 7.13. The second-order valence-electron chi connectivity index (χ2n) is 3.44. The first-order valence-electron chi connectivity index (χ1n) is 5.39. The van der Waals surface area contributed by atoms with E-state index in [2.05, 4.69) is 15.5 Å². The zero-order chi connectivity index (χ0) is 12.6. The van der Waals surface area contributed by atoms with Gasteiger partial charge in [-0.2, -0.15) is 5.10 Å². The molecule has 92 valence electrons. The number of rotatable bonds is 5. The minimum absolute atomic E-state index is 0.426. The van der Waals surface area contributed by atoms with Gasteiger partial charge in [-0.05, 0) is 11.6 Å². The van der Waals surface area contributed by atoms with Crippen LogP contribution in [0.25, 0.3) is 6.08 Å². The predicted molar refractivity (Wildman–Crippen MR) is 79.3 cm³/mol. The molecule has 3 nitrogen and oxygen atoms in total. The predicted octanol–water partition coefficient (Wildman–Crippen LogP) is 3.99. The zero-order valence-corrected chi connectivity index (χ0v) is 11.2. The fourth-order valence-electron chi connectivity index (χ4n) is 1.27. The summed E-state index contributed by atoms with van der Waals surface area (Å²) >= 11 is 7.14. The maximum absolute atomic E-state index is 5.66. The van der Waals surface area contributed by atoms with Crippen molar-refractivity contribution in [1.29, 1.82) is 0 Å². The van der Waals surface area contributed by atoms with Crippen molar-refractivity contribution in [3.63, 3.8) is 0 Å². The average molecular weight is 278 g/mol. The molecule has 0 amide bonds. The molecule has 0 atom stereocenters. The molecule has 1 heterocycles. The van der Waals surface area contributed by atoms with Gasteiger partial charge in [0.05, 0.1) is 11.6 Å². The van der Waals surface area contributed by atoms with E-state index in [9.17, 15) is 0 Å². The van der Waals surface area contributed by atoms with Gasteiger partial charge in [-0.1, -0.05) is 36.4 Å². The third-order valence-corrected chi connectivity index (χ3v) is 3.17. The Labute approximate surface area is 115 Å². The second-order valence-corrected chi connectivity index (χ2v) is 4.56. The Morgan fingerprint density at radius 2 is 2.17 bits per heavy atom. The fourth-order valence-corrected chi connectivity index (χ4v) is 2.16. The van der Waals surface area contributed by atoms with E-state index in [0.717, 1.165) is 16.4 Å². The van der Waals surface area contributed by atoms with Crippen LogP contribution in [0.15, 0.2) is 46.9 Å². The molecule has 0 aliphatic rings. The summed E-state index contributed by atoms with van der Waals surface area (Å²) in [7, 11) is 0. The van der Waals surface area contributed by atoms with Crippen molar-refractivity contribution < 1.29 is 0 Å². The molecule has 0 fully saturated rings. The molecular weight excluding hydrogens is 266 g/mol. The number of hydrazone groups is 1. The maximum Gasteiger partial charge on any atom is 0.203 e. The van der Waals surface area contributed by atoms with Crippen molar-refractivity contribution in [3.05, 3.63) is 53.0 Å². The van der Waals surface area contributed by atoms with Crippen molar-refractivity contribution in [2.75, 3.05) is 5.43 Å². The van der Waals surface area contributed by atoms with E-state index < -0.39 is 0 Å². The van der Waals surface area contributed by atoms with Gasteiger partial charge in [0.25, 0.3) is 0 Å². The summed E-state index contributed by atoms with van der Waals surface area (Å²) in [4.78, 5) is 4.22. The lowest BCUT2D eigenvalue weighted by Gasteiger charge is -1.91. The third-order valence-electron chi connectivity index (χ3n) is 2.10. The second kappa shape index (κ2) is 6.93. The fraction of sp³-hybridized carbons (Fsp3) is 0.0769. The van der Waals surface area contributed by atoms with Crippen molar-refractivity contribution in [3.8, 4) is 0 Å². The highest BCUT2D eigenvalue weighted by Crippen LogP contribution is 2.16. The lowest BCUT2D eigenvalue weighted by atomic mass is 10.2. The van der Waals surface area contributed by atoms with Crippen molar-refractivity contribution >= 4 is 40.4 Å². The Morgan fingerprint density at radius 3 is 2.89 bits per heavy atom. The van der Waals surface area contributed by atoms with E-state index in [1.165, 1.54) is 11.3 Å². The first kappa shape index (κ1) is 12.8. The van der Waals surface area contributed by atoms with Crippen molar-refractivity contribution in [2.45, 2.75) is 5.88 Å². The van der Waals surface area contributed by atoms with Gasteiger partial charge in [0.1, 0.15) is 0 Å². The number of allylic oxidation sites excluding steroid dienone is 1. The van der Waals surface area contributed by atoms with Crippen molar-refractivity contribution in [1.82, 2.24) is 4.98 Å². The molecule has 5 heteroatoms. The van der Waals surface area contributed by atoms with E-state index in [1.807, 2.05) is 47.9 Å². The van der Waals surface area contributed by atoms with E-state index in [-0.39, 0.29) is 0 Å². The molecular formula is C13H12ClN3S. The quantitative estimate of drug-likeness (QED) is 0.510. The smallest absolute Gasteiger partial charge is 0.203 e. The Hall–Kier alpha value is -1.65. The highest BCUT2D eigenvalue weighted by atomic mass is 35.5. The molecule has 0 aliphatic carbocycles. The van der Waals surface area contributed by atoms with Gasteiger partial charge >= 0.3 is 0 Å². The normalized spacial score (nSPS) is 11.4. The Bertz CT molecular complexity index is 534. The van der Waals surface area contributed by atoms with Crippen LogP contribution in [0.3, 0.4) is 0 Å². The SMILES string of the molecule is ClCc1csc(N/N=C/C=C/c2ccccc2)n1. The first-order valence-corrected chi connectivity index (χ1v) is 6.81. The van der Waals surface area contributed by atoms with Crippen LogP contribution >= 0.6 is 22.9 Å². The van der Waals surface area contributed by atoms with Gasteiger partial charge in [0.15, 0.2) is 0 Å². The van der Waals surface area contributed by atoms with E-state index in [0.29, 0.717) is 5.88 Å². The summed E-state index contributed by atoms with van der Waals surface area (Å²) < 4.78 is 0. The lowest BCUT2D eigenvalue weighted by Crippen LogP contribution is -1.87. The summed E-state index contributed by atoms with van der Waals surface area (Å²) in [5.74, 6) is 0.426. The van der Waals surface area contributed by atoms with Gasteiger partial charge < -0.3 is 0 Å². The summed E-state index contributed by atoms with van der Waals surface area (Å²) in [6, 6.07) is 10.1. The van der Waals surface area contributed by atoms with Crippen LogP contribution in [0.1, 0.15) is 11.3 Å². The topological polar surface area (TPSA) is 37.3 Å². The van der Waals surface area contributed by atoms with Gasteiger partial charge in [0, 0.05) is 11.6 Å². The third kappa shape index (κ3) is 3.98. The van der Waals surface area contributed by atoms with Crippen LogP contribution in [0.2, 0.25) is 0 Å². The number of thiazole rings is 1. The molecule has 1 aromatic carbocycles. The van der Waals surface area contributed by atoms with E-state index in [1.54, 1.807) is 6.21 Å². The number of halogens is 1. The first-order chi connectivity index (χ1) is 8.88. The van der Waals surface area contributed by atoms with Crippen LogP contribution in [0, 0.1) is 0 Å². The maximum atomic E-state index is 5.66. The number of benzene rings is 1. The molecule has 0 radical (unpaired) electrons. The number of hydrogen-bond acceptors (Lipinski definition) is 4. The van der Waals surface area contributed by atoms with Crippen LogP contribution in [0.4, 0.5) is 5.13 Å². The number of anilines is 1. The lowest BCUT2D eigenvalue weighted by molar-refractivity contribution is 1.20. The van der Waals surface area contributed by atoms with Gasteiger partial charge in [0.2, 0.25) is 5.13 Å². The van der Waals surface area contributed by atoms with E-state index >= 15 is 0 Å².